The molecule has 0 bridgehead atoms. The van der Waals surface area contributed by atoms with Crippen molar-refractivity contribution in [3.8, 4) is 0 Å². The number of hydrogen-bond acceptors (Lipinski definition) is 4. The fourth-order valence-corrected chi connectivity index (χ4v) is 2.69. The van der Waals surface area contributed by atoms with Gasteiger partial charge in [0, 0.05) is 13.3 Å². The molecule has 7 heteroatoms. The van der Waals surface area contributed by atoms with Crippen LogP contribution in [-0.4, -0.2) is 41.0 Å². The van der Waals surface area contributed by atoms with Crippen molar-refractivity contribution < 1.29 is 19.6 Å². The van der Waals surface area contributed by atoms with Crippen molar-refractivity contribution in [1.82, 2.24) is 10.6 Å². The smallest absolute Gasteiger partial charge is 0.426 e. The van der Waals surface area contributed by atoms with Crippen LogP contribution in [0.2, 0.25) is 0 Å². The Hall–Kier alpha value is -2.64. The first-order chi connectivity index (χ1) is 12.5. The average Bonchev–Trinajstić information content (AvgIpc) is 2.62. The highest BCUT2D eigenvalue weighted by Gasteiger charge is 2.29. The van der Waals surface area contributed by atoms with Crippen LogP contribution in [0.25, 0.3) is 0 Å². The SMILES string of the molecule is CC(=O)N[C@@H](Cc1ccccc1)C(=O)N[C@@H](Cc1ccccc1)B(O)O. The molecule has 0 aliphatic rings. The van der Waals surface area contributed by atoms with E-state index in [1.165, 1.54) is 6.92 Å². The average molecular weight is 354 g/mol. The lowest BCUT2D eigenvalue weighted by molar-refractivity contribution is -0.128. The van der Waals surface area contributed by atoms with Gasteiger partial charge in [-0.25, -0.2) is 0 Å². The largest absolute Gasteiger partial charge is 0.475 e. The summed E-state index contributed by atoms with van der Waals surface area (Å²) in [7, 11) is -1.71. The molecule has 0 aromatic heterocycles. The normalized spacial score (nSPS) is 12.7. The second kappa shape index (κ2) is 9.75. The molecule has 2 aromatic carbocycles. The highest BCUT2D eigenvalue weighted by Crippen LogP contribution is 2.07. The van der Waals surface area contributed by atoms with Gasteiger partial charge in [-0.15, -0.1) is 0 Å². The topological polar surface area (TPSA) is 98.7 Å². The monoisotopic (exact) mass is 354 g/mol. The maximum absolute atomic E-state index is 12.6. The summed E-state index contributed by atoms with van der Waals surface area (Å²) in [5.74, 6) is -1.67. The van der Waals surface area contributed by atoms with Gasteiger partial charge < -0.3 is 20.7 Å². The minimum Gasteiger partial charge on any atom is -0.426 e. The van der Waals surface area contributed by atoms with Crippen molar-refractivity contribution in [3.05, 3.63) is 71.8 Å². The maximum Gasteiger partial charge on any atom is 0.475 e. The van der Waals surface area contributed by atoms with Gasteiger partial charge in [0.15, 0.2) is 0 Å². The van der Waals surface area contributed by atoms with E-state index >= 15 is 0 Å². The molecule has 4 N–H and O–H groups in total. The Bertz CT molecular complexity index is 710. The predicted octanol–water partition coefficient (Wildman–Crippen LogP) is 0.473. The molecule has 2 atom stereocenters. The zero-order valence-corrected chi connectivity index (χ0v) is 14.6. The zero-order chi connectivity index (χ0) is 18.9. The third-order valence-corrected chi connectivity index (χ3v) is 3.96. The van der Waals surface area contributed by atoms with Crippen LogP contribution < -0.4 is 10.6 Å². The molecular weight excluding hydrogens is 331 g/mol. The first-order valence-electron chi connectivity index (χ1n) is 8.47. The minimum atomic E-state index is -1.71. The minimum absolute atomic E-state index is 0.266. The molecule has 2 rings (SSSR count). The first-order valence-corrected chi connectivity index (χ1v) is 8.47. The molecule has 0 radical (unpaired) electrons. The summed E-state index contributed by atoms with van der Waals surface area (Å²) in [4.78, 5) is 24.1. The molecular formula is C19H23BN2O4. The number of carbonyl (C=O) groups is 2. The van der Waals surface area contributed by atoms with Crippen LogP contribution in [0.3, 0.4) is 0 Å². The fourth-order valence-electron chi connectivity index (χ4n) is 2.69. The van der Waals surface area contributed by atoms with Crippen LogP contribution in [0, 0.1) is 0 Å². The van der Waals surface area contributed by atoms with E-state index in [9.17, 15) is 19.6 Å². The van der Waals surface area contributed by atoms with Crippen molar-refractivity contribution in [2.24, 2.45) is 0 Å². The number of nitrogens with one attached hydrogen (secondary N) is 2. The Balaban J connectivity index is 2.08. The molecule has 26 heavy (non-hydrogen) atoms. The van der Waals surface area contributed by atoms with Crippen molar-refractivity contribution >= 4 is 18.9 Å². The van der Waals surface area contributed by atoms with Crippen LogP contribution in [0.4, 0.5) is 0 Å². The third-order valence-electron chi connectivity index (χ3n) is 3.96. The van der Waals surface area contributed by atoms with E-state index in [4.69, 9.17) is 0 Å². The van der Waals surface area contributed by atoms with Gasteiger partial charge >= 0.3 is 7.12 Å². The van der Waals surface area contributed by atoms with Gasteiger partial charge in [0.1, 0.15) is 6.04 Å². The Morgan fingerprint density at radius 2 is 1.38 bits per heavy atom. The van der Waals surface area contributed by atoms with Crippen molar-refractivity contribution in [2.45, 2.75) is 31.7 Å². The molecule has 0 aliphatic heterocycles. The highest BCUT2D eigenvalue weighted by atomic mass is 16.4. The number of hydrogen-bond donors (Lipinski definition) is 4. The molecule has 0 saturated carbocycles. The van der Waals surface area contributed by atoms with E-state index in [1.807, 2.05) is 60.7 Å². The molecule has 0 saturated heterocycles. The van der Waals surface area contributed by atoms with E-state index in [2.05, 4.69) is 10.6 Å². The van der Waals surface area contributed by atoms with Crippen LogP contribution in [-0.2, 0) is 22.4 Å². The van der Waals surface area contributed by atoms with Gasteiger partial charge in [-0.2, -0.15) is 0 Å². The quantitative estimate of drug-likeness (QED) is 0.518. The molecule has 2 amide bonds. The summed E-state index contributed by atoms with van der Waals surface area (Å²) in [5, 5.41) is 24.5. The van der Waals surface area contributed by atoms with Gasteiger partial charge in [-0.3, -0.25) is 9.59 Å². The summed E-state index contributed by atoms with van der Waals surface area (Å²) in [6.45, 7) is 1.34. The van der Waals surface area contributed by atoms with E-state index in [0.29, 0.717) is 6.42 Å². The number of rotatable bonds is 8. The van der Waals surface area contributed by atoms with Crippen LogP contribution in [0.1, 0.15) is 18.1 Å². The van der Waals surface area contributed by atoms with Crippen LogP contribution in [0.15, 0.2) is 60.7 Å². The standard InChI is InChI=1S/C19H23BN2O4/c1-14(23)21-17(12-15-8-4-2-5-9-15)19(24)22-18(20(25)26)13-16-10-6-3-7-11-16/h2-11,17-18,25-26H,12-13H2,1H3,(H,21,23)(H,22,24)/t17-,18-/m0/s1. The van der Waals surface area contributed by atoms with Gasteiger partial charge in [0.05, 0.1) is 5.94 Å². The van der Waals surface area contributed by atoms with Crippen molar-refractivity contribution in [1.29, 1.82) is 0 Å². The van der Waals surface area contributed by atoms with E-state index in [1.54, 1.807) is 0 Å². The number of carbonyl (C=O) groups excluding carboxylic acids is 2. The number of benzene rings is 2. The van der Waals surface area contributed by atoms with Crippen molar-refractivity contribution in [3.63, 3.8) is 0 Å². The van der Waals surface area contributed by atoms with E-state index < -0.39 is 25.0 Å². The summed E-state index contributed by atoms with van der Waals surface area (Å²) >= 11 is 0. The molecule has 0 aliphatic carbocycles. The lowest BCUT2D eigenvalue weighted by Crippen LogP contribution is -2.55. The van der Waals surface area contributed by atoms with Crippen LogP contribution >= 0.6 is 0 Å². The lowest BCUT2D eigenvalue weighted by atomic mass is 9.75. The van der Waals surface area contributed by atoms with Gasteiger partial charge in [-0.05, 0) is 17.5 Å². The molecule has 0 heterocycles. The van der Waals surface area contributed by atoms with E-state index in [-0.39, 0.29) is 12.3 Å². The summed E-state index contributed by atoms with van der Waals surface area (Å²) in [6, 6.07) is 17.7. The van der Waals surface area contributed by atoms with Crippen LogP contribution in [0.5, 0.6) is 0 Å². The van der Waals surface area contributed by atoms with Gasteiger partial charge in [-0.1, -0.05) is 60.7 Å². The zero-order valence-electron chi connectivity index (χ0n) is 14.6. The second-order valence-electron chi connectivity index (χ2n) is 6.16. The molecule has 136 valence electrons. The Morgan fingerprint density at radius 3 is 1.85 bits per heavy atom. The first kappa shape index (κ1) is 19.7. The summed E-state index contributed by atoms with van der Waals surface area (Å²) < 4.78 is 0. The Kier molecular flexibility index (Phi) is 7.38. The molecule has 0 fully saturated rings. The van der Waals surface area contributed by atoms with Gasteiger partial charge in [0.2, 0.25) is 11.8 Å². The molecule has 0 unspecified atom stereocenters. The Labute approximate surface area is 153 Å². The summed E-state index contributed by atoms with van der Waals surface area (Å²) in [5.41, 5.74) is 1.76. The molecule has 0 spiro atoms. The third kappa shape index (κ3) is 6.35. The highest BCUT2D eigenvalue weighted by molar-refractivity contribution is 6.43. The number of amides is 2. The molecule has 6 nitrogen and oxygen atoms in total. The van der Waals surface area contributed by atoms with Crippen molar-refractivity contribution in [2.75, 3.05) is 0 Å². The predicted molar refractivity (Wildman–Crippen MR) is 100 cm³/mol. The second-order valence-corrected chi connectivity index (χ2v) is 6.16. The fraction of sp³-hybridized carbons (Fsp3) is 0.263. The summed E-state index contributed by atoms with van der Waals surface area (Å²) in [6.07, 6.45) is 0.578. The van der Waals surface area contributed by atoms with E-state index in [0.717, 1.165) is 11.1 Å². The lowest BCUT2D eigenvalue weighted by Gasteiger charge is -2.23. The Morgan fingerprint density at radius 1 is 0.885 bits per heavy atom. The maximum atomic E-state index is 12.6. The van der Waals surface area contributed by atoms with Gasteiger partial charge in [0.25, 0.3) is 0 Å². The molecule has 2 aromatic rings.